The van der Waals surface area contributed by atoms with E-state index in [4.69, 9.17) is 4.74 Å². The van der Waals surface area contributed by atoms with Crippen molar-refractivity contribution in [2.45, 2.75) is 36.9 Å². The zero-order valence-corrected chi connectivity index (χ0v) is 10.5. The number of ether oxygens (including phenoxy) is 1. The second-order valence-electron chi connectivity index (χ2n) is 3.21. The van der Waals surface area contributed by atoms with Crippen molar-refractivity contribution in [2.24, 2.45) is 0 Å². The quantitative estimate of drug-likeness (QED) is 0.539. The molecule has 2 nitrogen and oxygen atoms in total. The van der Waals surface area contributed by atoms with E-state index in [-0.39, 0.29) is 10.2 Å². The first-order chi connectivity index (χ1) is 6.79. The lowest BCUT2D eigenvalue weighted by atomic mass is 10.1. The number of aldehydes is 1. The Bertz CT molecular complexity index is 173. The van der Waals surface area contributed by atoms with Crippen molar-refractivity contribution < 1.29 is 9.53 Å². The van der Waals surface area contributed by atoms with Crippen LogP contribution in [0.25, 0.3) is 0 Å². The number of carbonyl (C=O) groups is 1. The Kier molecular flexibility index (Phi) is 5.34. The molecular formula is C10H18O2S2. The normalized spacial score (nSPS) is 26.0. The van der Waals surface area contributed by atoms with Gasteiger partial charge < -0.3 is 9.53 Å². The first-order valence-corrected chi connectivity index (χ1v) is 7.11. The van der Waals surface area contributed by atoms with Gasteiger partial charge in [0, 0.05) is 6.61 Å². The average Bonchev–Trinajstić information content (AvgIpc) is 2.19. The van der Waals surface area contributed by atoms with Crippen LogP contribution in [-0.2, 0) is 9.53 Å². The van der Waals surface area contributed by atoms with Crippen LogP contribution < -0.4 is 0 Å². The molecule has 1 fully saturated rings. The Balaban J connectivity index is 2.72. The number of carbonyl (C=O) groups excluding carboxylic acids is 1. The van der Waals surface area contributed by atoms with Crippen LogP contribution in [0.1, 0.15) is 26.7 Å². The minimum atomic E-state index is -0.217. The SMILES string of the molecule is CCSC1(SCC)CCCO[C@@H]1C=O. The van der Waals surface area contributed by atoms with Crippen molar-refractivity contribution in [3.05, 3.63) is 0 Å². The van der Waals surface area contributed by atoms with Gasteiger partial charge in [0.2, 0.25) is 0 Å². The van der Waals surface area contributed by atoms with Crippen LogP contribution in [0.3, 0.4) is 0 Å². The van der Waals surface area contributed by atoms with E-state index in [0.29, 0.717) is 0 Å². The van der Waals surface area contributed by atoms with Crippen LogP contribution in [0.5, 0.6) is 0 Å². The Labute approximate surface area is 94.5 Å². The van der Waals surface area contributed by atoms with Crippen molar-refractivity contribution in [2.75, 3.05) is 18.1 Å². The minimum Gasteiger partial charge on any atom is -0.368 e. The number of rotatable bonds is 5. The molecule has 1 aliphatic heterocycles. The maximum atomic E-state index is 11.0. The summed E-state index contributed by atoms with van der Waals surface area (Å²) in [7, 11) is 0. The Morgan fingerprint density at radius 2 is 2.07 bits per heavy atom. The summed E-state index contributed by atoms with van der Waals surface area (Å²) >= 11 is 3.73. The monoisotopic (exact) mass is 234 g/mol. The molecule has 0 unspecified atom stereocenters. The van der Waals surface area contributed by atoms with E-state index in [1.807, 2.05) is 23.5 Å². The Hall–Kier alpha value is 0.330. The summed E-state index contributed by atoms with van der Waals surface area (Å²) in [5, 5.41) is 0. The number of thioether (sulfide) groups is 2. The van der Waals surface area contributed by atoms with E-state index < -0.39 is 0 Å². The number of hydrogen-bond donors (Lipinski definition) is 0. The van der Waals surface area contributed by atoms with Crippen molar-refractivity contribution in [3.63, 3.8) is 0 Å². The van der Waals surface area contributed by atoms with Crippen molar-refractivity contribution in [3.8, 4) is 0 Å². The molecule has 0 spiro atoms. The van der Waals surface area contributed by atoms with Crippen molar-refractivity contribution >= 4 is 29.8 Å². The van der Waals surface area contributed by atoms with Gasteiger partial charge in [0.25, 0.3) is 0 Å². The van der Waals surface area contributed by atoms with Gasteiger partial charge in [-0.1, -0.05) is 13.8 Å². The molecule has 1 rings (SSSR count). The zero-order valence-electron chi connectivity index (χ0n) is 8.82. The lowest BCUT2D eigenvalue weighted by Crippen LogP contribution is -2.43. The summed E-state index contributed by atoms with van der Waals surface area (Å²) in [5.41, 5.74) is 0. The van der Waals surface area contributed by atoms with Crippen LogP contribution in [-0.4, -0.2) is 34.6 Å². The standard InChI is InChI=1S/C10H18O2S2/c1-3-13-10(14-4-2)6-5-7-12-9(10)8-11/h8-9H,3-7H2,1-2H3/t9-/m1/s1. The molecule has 0 radical (unpaired) electrons. The van der Waals surface area contributed by atoms with Crippen molar-refractivity contribution in [1.29, 1.82) is 0 Å². The molecule has 1 aliphatic rings. The fourth-order valence-corrected chi connectivity index (χ4v) is 4.95. The molecule has 82 valence electrons. The van der Waals surface area contributed by atoms with Crippen LogP contribution in [0.2, 0.25) is 0 Å². The van der Waals surface area contributed by atoms with Crippen LogP contribution in [0.15, 0.2) is 0 Å². The third-order valence-corrected chi connectivity index (χ3v) is 5.44. The van der Waals surface area contributed by atoms with E-state index in [2.05, 4.69) is 13.8 Å². The molecule has 0 aromatic rings. The van der Waals surface area contributed by atoms with E-state index in [0.717, 1.165) is 37.2 Å². The fourth-order valence-electron chi connectivity index (χ4n) is 1.78. The average molecular weight is 234 g/mol. The topological polar surface area (TPSA) is 26.3 Å². The second-order valence-corrected chi connectivity index (χ2v) is 6.66. The summed E-state index contributed by atoms with van der Waals surface area (Å²) < 4.78 is 5.53. The molecule has 4 heteroatoms. The van der Waals surface area contributed by atoms with Crippen LogP contribution >= 0.6 is 23.5 Å². The minimum absolute atomic E-state index is 0.0104. The first kappa shape index (κ1) is 12.4. The lowest BCUT2D eigenvalue weighted by molar-refractivity contribution is -0.120. The third-order valence-electron chi connectivity index (χ3n) is 2.30. The van der Waals surface area contributed by atoms with E-state index >= 15 is 0 Å². The predicted molar refractivity (Wildman–Crippen MR) is 64.0 cm³/mol. The third kappa shape index (κ3) is 2.67. The smallest absolute Gasteiger partial charge is 0.151 e. The summed E-state index contributed by atoms with van der Waals surface area (Å²) in [6.45, 7) is 5.01. The van der Waals surface area contributed by atoms with E-state index in [9.17, 15) is 4.79 Å². The fraction of sp³-hybridized carbons (Fsp3) is 0.900. The first-order valence-electron chi connectivity index (χ1n) is 5.14. The maximum absolute atomic E-state index is 11.0. The highest BCUT2D eigenvalue weighted by molar-refractivity contribution is 8.18. The molecular weight excluding hydrogens is 216 g/mol. The number of hydrogen-bond acceptors (Lipinski definition) is 4. The molecule has 0 aliphatic carbocycles. The Morgan fingerprint density at radius 3 is 2.57 bits per heavy atom. The molecule has 0 aromatic carbocycles. The van der Waals surface area contributed by atoms with Gasteiger partial charge in [-0.3, -0.25) is 0 Å². The lowest BCUT2D eigenvalue weighted by Gasteiger charge is -2.40. The van der Waals surface area contributed by atoms with E-state index in [1.165, 1.54) is 0 Å². The predicted octanol–water partition coefficient (Wildman–Crippen LogP) is 2.57. The highest BCUT2D eigenvalue weighted by atomic mass is 32.2. The molecule has 0 amide bonds. The van der Waals surface area contributed by atoms with Gasteiger partial charge in [-0.05, 0) is 24.3 Å². The molecule has 0 bridgehead atoms. The van der Waals surface area contributed by atoms with Crippen LogP contribution in [0, 0.1) is 0 Å². The summed E-state index contributed by atoms with van der Waals surface area (Å²) in [6.07, 6.45) is 2.92. The van der Waals surface area contributed by atoms with Gasteiger partial charge in [-0.15, -0.1) is 23.5 Å². The molecule has 1 heterocycles. The molecule has 1 atom stereocenters. The van der Waals surface area contributed by atoms with Crippen LogP contribution in [0.4, 0.5) is 0 Å². The molecule has 0 aromatic heterocycles. The summed E-state index contributed by atoms with van der Waals surface area (Å²) in [6, 6.07) is 0. The molecule has 14 heavy (non-hydrogen) atoms. The highest BCUT2D eigenvalue weighted by Crippen LogP contribution is 2.46. The molecule has 0 saturated carbocycles. The Morgan fingerprint density at radius 1 is 1.43 bits per heavy atom. The molecule has 1 saturated heterocycles. The highest BCUT2D eigenvalue weighted by Gasteiger charge is 2.42. The molecule has 0 N–H and O–H groups in total. The largest absolute Gasteiger partial charge is 0.368 e. The summed E-state index contributed by atoms with van der Waals surface area (Å²) in [4.78, 5) is 11.0. The van der Waals surface area contributed by atoms with Gasteiger partial charge in [0.05, 0.1) is 4.08 Å². The second kappa shape index (κ2) is 6.03. The van der Waals surface area contributed by atoms with Gasteiger partial charge in [0.1, 0.15) is 6.10 Å². The van der Waals surface area contributed by atoms with Gasteiger partial charge >= 0.3 is 0 Å². The van der Waals surface area contributed by atoms with Gasteiger partial charge in [-0.25, -0.2) is 0 Å². The van der Waals surface area contributed by atoms with Crippen molar-refractivity contribution in [1.82, 2.24) is 0 Å². The zero-order chi connectivity index (χ0) is 10.4. The van der Waals surface area contributed by atoms with Gasteiger partial charge in [-0.2, -0.15) is 0 Å². The maximum Gasteiger partial charge on any atom is 0.151 e. The summed E-state index contributed by atoms with van der Waals surface area (Å²) in [5.74, 6) is 2.08. The van der Waals surface area contributed by atoms with E-state index in [1.54, 1.807) is 0 Å². The van der Waals surface area contributed by atoms with Gasteiger partial charge in [0.15, 0.2) is 6.29 Å².